The van der Waals surface area contributed by atoms with Gasteiger partial charge in [0.1, 0.15) is 23.9 Å². The lowest BCUT2D eigenvalue weighted by atomic mass is 10.0. The molecule has 0 aliphatic carbocycles. The van der Waals surface area contributed by atoms with Crippen LogP contribution in [0.3, 0.4) is 0 Å². The zero-order valence-corrected chi connectivity index (χ0v) is 17.4. The van der Waals surface area contributed by atoms with Crippen LogP contribution in [0.25, 0.3) is 11.0 Å². The fourth-order valence-electron chi connectivity index (χ4n) is 3.41. The summed E-state index contributed by atoms with van der Waals surface area (Å²) in [6.07, 6.45) is 1.68. The van der Waals surface area contributed by atoms with Crippen LogP contribution in [0.5, 0.6) is 11.5 Å². The Morgan fingerprint density at radius 3 is 2.45 bits per heavy atom. The van der Waals surface area contributed by atoms with Crippen LogP contribution in [0.4, 0.5) is 0 Å². The lowest BCUT2D eigenvalue weighted by Crippen LogP contribution is -2.31. The second kappa shape index (κ2) is 9.96. The molecule has 1 N–H and O–H groups in total. The van der Waals surface area contributed by atoms with E-state index >= 15 is 0 Å². The molecule has 0 saturated heterocycles. The highest BCUT2D eigenvalue weighted by Crippen LogP contribution is 2.19. The highest BCUT2D eigenvalue weighted by atomic mass is 16.5. The molecule has 1 aromatic heterocycles. The van der Waals surface area contributed by atoms with Crippen LogP contribution in [0.1, 0.15) is 32.5 Å². The minimum atomic E-state index is 0.0474. The van der Waals surface area contributed by atoms with Crippen molar-refractivity contribution in [3.63, 3.8) is 0 Å². The molecular weight excluding hydrogens is 366 g/mol. The Labute approximate surface area is 171 Å². The van der Waals surface area contributed by atoms with E-state index in [9.17, 15) is 4.79 Å². The number of para-hydroxylation sites is 2. The first-order chi connectivity index (χ1) is 14.2. The van der Waals surface area contributed by atoms with Gasteiger partial charge in [-0.2, -0.15) is 0 Å². The van der Waals surface area contributed by atoms with Crippen molar-refractivity contribution in [3.8, 4) is 11.5 Å². The number of hydrogen-bond acceptors (Lipinski definition) is 4. The van der Waals surface area contributed by atoms with Crippen LogP contribution in [0.2, 0.25) is 0 Å². The summed E-state index contributed by atoms with van der Waals surface area (Å²) in [5.74, 6) is 2.56. The number of methoxy groups -OCH3 is 1. The average Bonchev–Trinajstić information content (AvgIpc) is 3.11. The second-order valence-corrected chi connectivity index (χ2v) is 6.92. The number of carbonyl (C=O) groups is 1. The number of amides is 1. The van der Waals surface area contributed by atoms with Crippen LogP contribution in [0.15, 0.2) is 48.5 Å². The molecule has 0 radical (unpaired) electrons. The molecule has 0 fully saturated rings. The fourth-order valence-corrected chi connectivity index (χ4v) is 3.41. The lowest BCUT2D eigenvalue weighted by Gasteiger charge is -2.14. The third kappa shape index (κ3) is 5.08. The summed E-state index contributed by atoms with van der Waals surface area (Å²) in [5, 5.41) is 3.05. The second-order valence-electron chi connectivity index (χ2n) is 6.92. The van der Waals surface area contributed by atoms with E-state index < -0.39 is 0 Å². The van der Waals surface area contributed by atoms with Crippen molar-refractivity contribution in [2.45, 2.75) is 39.8 Å². The van der Waals surface area contributed by atoms with E-state index in [1.165, 1.54) is 0 Å². The van der Waals surface area contributed by atoms with Crippen LogP contribution >= 0.6 is 0 Å². The van der Waals surface area contributed by atoms with Crippen LogP contribution < -0.4 is 14.8 Å². The number of carbonyl (C=O) groups excluding carboxylic acids is 1. The summed E-state index contributed by atoms with van der Waals surface area (Å²) in [6.45, 7) is 5.63. The van der Waals surface area contributed by atoms with Gasteiger partial charge < -0.3 is 19.4 Å². The summed E-state index contributed by atoms with van der Waals surface area (Å²) >= 11 is 0. The van der Waals surface area contributed by atoms with Gasteiger partial charge in [0.05, 0.1) is 31.2 Å². The first-order valence-electron chi connectivity index (χ1n) is 10.1. The molecule has 0 saturated carbocycles. The highest BCUT2D eigenvalue weighted by molar-refractivity contribution is 5.79. The van der Waals surface area contributed by atoms with Crippen LogP contribution in [-0.2, 0) is 17.9 Å². The van der Waals surface area contributed by atoms with Gasteiger partial charge >= 0.3 is 0 Å². The zero-order chi connectivity index (χ0) is 20.6. The molecule has 0 aliphatic rings. The maximum absolute atomic E-state index is 12.4. The van der Waals surface area contributed by atoms with E-state index in [4.69, 9.17) is 14.5 Å². The summed E-state index contributed by atoms with van der Waals surface area (Å²) < 4.78 is 13.2. The van der Waals surface area contributed by atoms with Crippen LogP contribution in [-0.4, -0.2) is 29.2 Å². The number of imidazole rings is 1. The minimum absolute atomic E-state index is 0.0474. The summed E-state index contributed by atoms with van der Waals surface area (Å²) in [5.41, 5.74) is 1.96. The molecule has 6 heteroatoms. The number of nitrogens with one attached hydrogen (secondary N) is 1. The summed E-state index contributed by atoms with van der Waals surface area (Å²) in [4.78, 5) is 17.1. The molecular formula is C23H29N3O3. The third-order valence-corrected chi connectivity index (χ3v) is 5.15. The molecule has 0 unspecified atom stereocenters. The van der Waals surface area contributed by atoms with Crippen molar-refractivity contribution in [1.82, 2.24) is 14.9 Å². The van der Waals surface area contributed by atoms with Gasteiger partial charge in [-0.3, -0.25) is 4.79 Å². The molecule has 1 amide bonds. The minimum Gasteiger partial charge on any atom is -0.497 e. The highest BCUT2D eigenvalue weighted by Gasteiger charge is 2.16. The molecule has 0 bridgehead atoms. The molecule has 3 aromatic rings. The SMILES string of the molecule is CCC(CC)C(=O)NCc1nc2ccccc2n1CCOc1ccc(OC)cc1. The Balaban J connectivity index is 1.69. The predicted molar refractivity (Wildman–Crippen MR) is 114 cm³/mol. The van der Waals surface area contributed by atoms with E-state index in [2.05, 4.69) is 9.88 Å². The standard InChI is InChI=1S/C23H29N3O3/c1-4-17(5-2)23(27)24-16-22-25-20-8-6-7-9-21(20)26(22)14-15-29-19-12-10-18(28-3)11-13-19/h6-13,17H,4-5,14-16H2,1-3H3,(H,24,27). The van der Waals surface area contributed by atoms with Crippen LogP contribution in [0, 0.1) is 5.92 Å². The van der Waals surface area contributed by atoms with Gasteiger partial charge in [-0.1, -0.05) is 26.0 Å². The van der Waals surface area contributed by atoms with Gasteiger partial charge in [0, 0.05) is 5.92 Å². The zero-order valence-electron chi connectivity index (χ0n) is 17.4. The molecule has 1 heterocycles. The number of nitrogens with zero attached hydrogens (tertiary/aromatic N) is 2. The Bertz CT molecular complexity index is 930. The van der Waals surface area contributed by atoms with E-state index in [1.54, 1.807) is 7.11 Å². The Morgan fingerprint density at radius 2 is 1.76 bits per heavy atom. The van der Waals surface area contributed by atoms with Gasteiger partial charge in [0.2, 0.25) is 5.91 Å². The normalized spacial score (nSPS) is 11.0. The van der Waals surface area contributed by atoms with Crippen molar-refractivity contribution in [2.24, 2.45) is 5.92 Å². The quantitative estimate of drug-likeness (QED) is 0.559. The maximum atomic E-state index is 12.4. The van der Waals surface area contributed by atoms with Crippen molar-refractivity contribution >= 4 is 16.9 Å². The van der Waals surface area contributed by atoms with Gasteiger partial charge in [-0.15, -0.1) is 0 Å². The van der Waals surface area contributed by atoms with Gasteiger partial charge in [-0.05, 0) is 49.2 Å². The van der Waals surface area contributed by atoms with E-state index in [0.717, 1.165) is 41.2 Å². The van der Waals surface area contributed by atoms with Gasteiger partial charge in [0.25, 0.3) is 0 Å². The van der Waals surface area contributed by atoms with Crippen molar-refractivity contribution in [1.29, 1.82) is 0 Å². The number of benzene rings is 2. The van der Waals surface area contributed by atoms with Gasteiger partial charge in [0.15, 0.2) is 0 Å². The smallest absolute Gasteiger partial charge is 0.223 e. The average molecular weight is 396 g/mol. The van der Waals surface area contributed by atoms with E-state index in [1.807, 2.05) is 62.4 Å². The van der Waals surface area contributed by atoms with Gasteiger partial charge in [-0.25, -0.2) is 4.98 Å². The van der Waals surface area contributed by atoms with Crippen molar-refractivity contribution in [3.05, 3.63) is 54.4 Å². The topological polar surface area (TPSA) is 65.4 Å². The van der Waals surface area contributed by atoms with Crippen molar-refractivity contribution in [2.75, 3.05) is 13.7 Å². The molecule has 29 heavy (non-hydrogen) atoms. The fraction of sp³-hybridized carbons (Fsp3) is 0.391. The monoisotopic (exact) mass is 395 g/mol. The summed E-state index contributed by atoms with van der Waals surface area (Å²) in [6, 6.07) is 15.5. The molecule has 0 atom stereocenters. The molecule has 0 spiro atoms. The largest absolute Gasteiger partial charge is 0.497 e. The molecule has 6 nitrogen and oxygen atoms in total. The lowest BCUT2D eigenvalue weighted by molar-refractivity contribution is -0.125. The van der Waals surface area contributed by atoms with Crippen molar-refractivity contribution < 1.29 is 14.3 Å². The number of hydrogen-bond donors (Lipinski definition) is 1. The maximum Gasteiger partial charge on any atom is 0.223 e. The predicted octanol–water partition coefficient (Wildman–Crippen LogP) is 4.18. The first-order valence-corrected chi connectivity index (χ1v) is 10.1. The third-order valence-electron chi connectivity index (χ3n) is 5.15. The number of rotatable bonds is 10. The summed E-state index contributed by atoms with van der Waals surface area (Å²) in [7, 11) is 1.64. The number of aromatic nitrogens is 2. The van der Waals surface area contributed by atoms with E-state index in [-0.39, 0.29) is 11.8 Å². The first kappa shape index (κ1) is 20.7. The molecule has 3 rings (SSSR count). The Kier molecular flexibility index (Phi) is 7.11. The molecule has 154 valence electrons. The Morgan fingerprint density at radius 1 is 1.07 bits per heavy atom. The number of ether oxygens (including phenoxy) is 2. The van der Waals surface area contributed by atoms with E-state index in [0.29, 0.717) is 19.7 Å². The molecule has 2 aromatic carbocycles. The Hall–Kier alpha value is -3.02. The number of fused-ring (bicyclic) bond motifs is 1. The molecule has 0 aliphatic heterocycles.